The van der Waals surface area contributed by atoms with E-state index in [9.17, 15) is 19.1 Å². The summed E-state index contributed by atoms with van der Waals surface area (Å²) in [4.78, 5) is 25.9. The minimum Gasteiger partial charge on any atom is -0.477 e. The Morgan fingerprint density at radius 2 is 2.04 bits per heavy atom. The van der Waals surface area contributed by atoms with E-state index in [2.05, 4.69) is 0 Å². The Hall–Kier alpha value is -2.45. The Morgan fingerprint density at radius 3 is 2.58 bits per heavy atom. The largest absolute Gasteiger partial charge is 0.477 e. The van der Waals surface area contributed by atoms with Gasteiger partial charge in [0.25, 0.3) is 5.56 Å². The van der Waals surface area contributed by atoms with Gasteiger partial charge in [0.1, 0.15) is 5.56 Å². The number of carboxylic acids is 1. The van der Waals surface area contributed by atoms with Crippen LogP contribution in [0.4, 0.5) is 10.1 Å². The summed E-state index contributed by atoms with van der Waals surface area (Å²) >= 11 is 0. The van der Waals surface area contributed by atoms with Crippen LogP contribution in [0, 0.1) is 12.7 Å². The lowest BCUT2D eigenvalue weighted by atomic mass is 10.0. The van der Waals surface area contributed by atoms with Crippen molar-refractivity contribution in [3.8, 4) is 0 Å². The smallest absolute Gasteiger partial charge is 0.341 e. The molecule has 0 amide bonds. The molecule has 8 heteroatoms. The van der Waals surface area contributed by atoms with E-state index < -0.39 is 17.3 Å². The maximum absolute atomic E-state index is 14.8. The van der Waals surface area contributed by atoms with Crippen LogP contribution >= 0.6 is 0 Å². The van der Waals surface area contributed by atoms with Crippen LogP contribution in [0.2, 0.25) is 0 Å². The highest BCUT2D eigenvalue weighted by atomic mass is 19.1. The molecule has 140 valence electrons. The lowest BCUT2D eigenvalue weighted by Crippen LogP contribution is -2.29. The van der Waals surface area contributed by atoms with Gasteiger partial charge in [0.05, 0.1) is 17.4 Å². The van der Waals surface area contributed by atoms with Gasteiger partial charge in [0.2, 0.25) is 0 Å². The Bertz CT molecular complexity index is 952. The number of fused-ring (bicyclic) bond motifs is 1. The standard InChI is InChI=1S/C18H20FN3O3.H2O/c1-9-15-12(10-2-3-10)6-13(18(24)25)17(23)22(15)8-14(19)16(9)21-5-4-11(20)7-21;/h6,8,10-11H,2-5,7,20H2,1H3,(H,24,25);1H2/t11-;/m0./s1. The van der Waals surface area contributed by atoms with Crippen LogP contribution in [0.5, 0.6) is 0 Å². The maximum atomic E-state index is 14.8. The highest BCUT2D eigenvalue weighted by molar-refractivity contribution is 5.89. The molecular formula is C18H22FN3O4. The molecule has 0 radical (unpaired) electrons. The summed E-state index contributed by atoms with van der Waals surface area (Å²) in [7, 11) is 0. The van der Waals surface area contributed by atoms with Crippen molar-refractivity contribution < 1.29 is 19.8 Å². The molecule has 26 heavy (non-hydrogen) atoms. The molecule has 1 atom stereocenters. The van der Waals surface area contributed by atoms with Gasteiger partial charge < -0.3 is 21.2 Å². The van der Waals surface area contributed by atoms with Gasteiger partial charge in [-0.25, -0.2) is 9.18 Å². The molecule has 7 nitrogen and oxygen atoms in total. The van der Waals surface area contributed by atoms with Gasteiger partial charge in [0.15, 0.2) is 5.82 Å². The highest BCUT2D eigenvalue weighted by Gasteiger charge is 2.31. The molecule has 3 heterocycles. The molecule has 1 saturated carbocycles. The first-order chi connectivity index (χ1) is 11.9. The van der Waals surface area contributed by atoms with Crippen LogP contribution in [-0.2, 0) is 0 Å². The predicted octanol–water partition coefficient (Wildman–Crippen LogP) is 1.04. The van der Waals surface area contributed by atoms with Crippen molar-refractivity contribution in [2.45, 2.75) is 38.1 Å². The molecular weight excluding hydrogens is 341 g/mol. The summed E-state index contributed by atoms with van der Waals surface area (Å²) in [6, 6.07) is 1.48. The molecule has 0 bridgehead atoms. The van der Waals surface area contributed by atoms with Gasteiger partial charge >= 0.3 is 5.97 Å². The summed E-state index contributed by atoms with van der Waals surface area (Å²) in [5.74, 6) is -1.58. The van der Waals surface area contributed by atoms with Gasteiger partial charge in [0, 0.05) is 19.1 Å². The number of nitrogens with two attached hydrogens (primary N) is 1. The summed E-state index contributed by atoms with van der Waals surface area (Å²) in [5, 5.41) is 9.32. The third-order valence-electron chi connectivity index (χ3n) is 5.23. The highest BCUT2D eigenvalue weighted by Crippen LogP contribution is 2.44. The number of hydrogen-bond donors (Lipinski definition) is 2. The van der Waals surface area contributed by atoms with Crippen LogP contribution in [0.3, 0.4) is 0 Å². The van der Waals surface area contributed by atoms with Gasteiger partial charge in [-0.1, -0.05) is 0 Å². The molecule has 5 N–H and O–H groups in total. The monoisotopic (exact) mass is 363 g/mol. The van der Waals surface area contributed by atoms with Crippen molar-refractivity contribution >= 4 is 17.2 Å². The Balaban J connectivity index is 0.00000196. The first-order valence-corrected chi connectivity index (χ1v) is 8.50. The molecule has 2 aromatic rings. The van der Waals surface area contributed by atoms with Crippen LogP contribution < -0.4 is 16.2 Å². The van der Waals surface area contributed by atoms with E-state index in [1.807, 2.05) is 4.90 Å². The maximum Gasteiger partial charge on any atom is 0.341 e. The summed E-state index contributed by atoms with van der Waals surface area (Å²) in [6.07, 6.45) is 3.83. The minimum atomic E-state index is -1.28. The van der Waals surface area contributed by atoms with Crippen LogP contribution in [0.15, 0.2) is 17.1 Å². The molecule has 1 aliphatic carbocycles. The van der Waals surface area contributed by atoms with Gasteiger partial charge in [-0.2, -0.15) is 0 Å². The Labute approximate surface area is 149 Å². The quantitative estimate of drug-likeness (QED) is 0.844. The molecule has 2 aliphatic rings. The fraction of sp³-hybridized carbons (Fsp3) is 0.444. The number of aryl methyl sites for hydroxylation is 1. The van der Waals surface area contributed by atoms with E-state index in [4.69, 9.17) is 5.73 Å². The first-order valence-electron chi connectivity index (χ1n) is 8.50. The second kappa shape index (κ2) is 6.37. The van der Waals surface area contributed by atoms with E-state index in [0.29, 0.717) is 29.9 Å². The molecule has 0 unspecified atom stereocenters. The zero-order valence-corrected chi connectivity index (χ0v) is 14.5. The van der Waals surface area contributed by atoms with Gasteiger partial charge in [-0.3, -0.25) is 9.20 Å². The number of carboxylic acid groups (broad SMARTS) is 1. The fourth-order valence-corrected chi connectivity index (χ4v) is 3.88. The number of aromatic nitrogens is 1. The van der Waals surface area contributed by atoms with Gasteiger partial charge in [-0.15, -0.1) is 0 Å². The second-order valence-corrected chi connectivity index (χ2v) is 7.06. The molecule has 1 aliphatic heterocycles. The number of aromatic carboxylic acids is 1. The third-order valence-corrected chi connectivity index (χ3v) is 5.23. The van der Waals surface area contributed by atoms with Crippen molar-refractivity contribution in [3.63, 3.8) is 0 Å². The number of nitrogens with zero attached hydrogens (tertiary/aromatic N) is 2. The van der Waals surface area contributed by atoms with Crippen LogP contribution in [0.1, 0.15) is 46.7 Å². The topological polar surface area (TPSA) is 120 Å². The van der Waals surface area contributed by atoms with Crippen LogP contribution in [0.25, 0.3) is 5.52 Å². The van der Waals surface area contributed by atoms with E-state index >= 15 is 0 Å². The van der Waals surface area contributed by atoms with E-state index in [1.54, 1.807) is 6.92 Å². The number of rotatable bonds is 3. The van der Waals surface area contributed by atoms with Crippen molar-refractivity contribution in [3.05, 3.63) is 45.1 Å². The first kappa shape index (κ1) is 18.3. The van der Waals surface area contributed by atoms with Crippen molar-refractivity contribution in [1.82, 2.24) is 4.40 Å². The molecule has 2 fully saturated rings. The molecule has 0 aromatic carbocycles. The molecule has 0 spiro atoms. The van der Waals surface area contributed by atoms with Crippen molar-refractivity contribution in [2.75, 3.05) is 18.0 Å². The SMILES string of the molecule is Cc1c(N2CC[C@H](N)C2)c(F)cn2c(=O)c(C(=O)O)cc(C3CC3)c12.O. The average molecular weight is 363 g/mol. The van der Waals surface area contributed by atoms with E-state index in [1.165, 1.54) is 10.5 Å². The molecule has 4 rings (SSSR count). The predicted molar refractivity (Wildman–Crippen MR) is 95.7 cm³/mol. The summed E-state index contributed by atoms with van der Waals surface area (Å²) in [6.45, 7) is 3.04. The summed E-state index contributed by atoms with van der Waals surface area (Å²) in [5.41, 5.74) is 7.54. The number of halogens is 1. The van der Waals surface area contributed by atoms with Crippen molar-refractivity contribution in [2.24, 2.45) is 5.73 Å². The number of anilines is 1. The van der Waals surface area contributed by atoms with E-state index in [0.717, 1.165) is 31.0 Å². The van der Waals surface area contributed by atoms with Gasteiger partial charge in [-0.05, 0) is 49.3 Å². The molecule has 1 saturated heterocycles. The van der Waals surface area contributed by atoms with E-state index in [-0.39, 0.29) is 23.0 Å². The Kier molecular flexibility index (Phi) is 4.49. The number of pyridine rings is 2. The lowest BCUT2D eigenvalue weighted by molar-refractivity contribution is 0.0694. The Morgan fingerprint density at radius 1 is 1.35 bits per heavy atom. The third kappa shape index (κ3) is 2.75. The fourth-order valence-electron chi connectivity index (χ4n) is 3.88. The van der Waals surface area contributed by atoms with Crippen LogP contribution in [-0.4, -0.2) is 40.1 Å². The number of carbonyl (C=O) groups is 1. The average Bonchev–Trinajstić information content (AvgIpc) is 3.30. The zero-order valence-electron chi connectivity index (χ0n) is 14.5. The van der Waals surface area contributed by atoms with Crippen molar-refractivity contribution in [1.29, 1.82) is 0 Å². The minimum absolute atomic E-state index is 0. The second-order valence-electron chi connectivity index (χ2n) is 7.06. The summed E-state index contributed by atoms with van der Waals surface area (Å²) < 4.78 is 16.0. The lowest BCUT2D eigenvalue weighted by Gasteiger charge is -2.23. The normalized spacial score (nSPS) is 19.7. The zero-order chi connectivity index (χ0) is 17.9. The molecule has 2 aromatic heterocycles. The number of hydrogen-bond acceptors (Lipinski definition) is 4.